The number of ether oxygens (including phenoxy) is 1. The van der Waals surface area contributed by atoms with Crippen LogP contribution >= 0.6 is 0 Å². The van der Waals surface area contributed by atoms with Gasteiger partial charge >= 0.3 is 0 Å². The quantitative estimate of drug-likeness (QED) is 0.332. The van der Waals surface area contributed by atoms with E-state index in [1.54, 1.807) is 13.3 Å². The zero-order chi connectivity index (χ0) is 25.5. The second-order valence-electron chi connectivity index (χ2n) is 10.0. The lowest BCUT2D eigenvalue weighted by Crippen LogP contribution is -2.19. The zero-order valence-electron chi connectivity index (χ0n) is 21.7. The molecule has 9 nitrogen and oxygen atoms in total. The summed E-state index contributed by atoms with van der Waals surface area (Å²) >= 11 is 0. The van der Waals surface area contributed by atoms with Crippen molar-refractivity contribution in [1.82, 2.24) is 33.9 Å². The minimum Gasteiger partial charge on any atom is -0.381 e. The molecule has 4 heterocycles. The van der Waals surface area contributed by atoms with Gasteiger partial charge in [0, 0.05) is 62.2 Å². The molecule has 9 heteroatoms. The lowest BCUT2D eigenvalue weighted by molar-refractivity contribution is 0.108. The summed E-state index contributed by atoms with van der Waals surface area (Å²) in [7, 11) is 3.75. The molecule has 0 unspecified atom stereocenters. The van der Waals surface area contributed by atoms with Crippen LogP contribution in [0.4, 0.5) is 5.82 Å². The van der Waals surface area contributed by atoms with Gasteiger partial charge in [0.25, 0.3) is 0 Å². The normalized spacial score (nSPS) is 17.8. The van der Waals surface area contributed by atoms with E-state index in [4.69, 9.17) is 19.9 Å². The number of fused-ring (bicyclic) bond motifs is 1. The Morgan fingerprint density at radius 1 is 1.05 bits per heavy atom. The number of nitrogens with zero attached hydrogens (tertiary/aromatic N) is 7. The molecule has 1 N–H and O–H groups in total. The Kier molecular flexibility index (Phi) is 6.00. The fourth-order valence-electron chi connectivity index (χ4n) is 5.20. The number of imidazole rings is 1. The molecule has 37 heavy (non-hydrogen) atoms. The van der Waals surface area contributed by atoms with Crippen molar-refractivity contribution in [2.45, 2.75) is 51.3 Å². The van der Waals surface area contributed by atoms with Crippen LogP contribution in [0.2, 0.25) is 0 Å². The number of hydrogen-bond acceptors (Lipinski definition) is 6. The van der Waals surface area contributed by atoms with Gasteiger partial charge in [-0.3, -0.25) is 4.68 Å². The lowest BCUT2D eigenvalue weighted by atomic mass is 10.0. The van der Waals surface area contributed by atoms with E-state index in [-0.39, 0.29) is 18.2 Å². The van der Waals surface area contributed by atoms with Gasteiger partial charge in [-0.15, -0.1) is 5.10 Å². The first-order valence-electron chi connectivity index (χ1n) is 12.8. The first-order valence-corrected chi connectivity index (χ1v) is 12.8. The Labute approximate surface area is 216 Å². The molecular formula is C28H32N8O. The number of rotatable bonds is 7. The predicted octanol–water partition coefficient (Wildman–Crippen LogP) is 5.22. The molecule has 0 aliphatic heterocycles. The summed E-state index contributed by atoms with van der Waals surface area (Å²) in [6.07, 6.45) is 11.0. The van der Waals surface area contributed by atoms with E-state index < -0.39 is 0 Å². The second kappa shape index (κ2) is 9.48. The first kappa shape index (κ1) is 23.4. The molecule has 6 rings (SSSR count). The highest BCUT2D eigenvalue weighted by molar-refractivity contribution is 5.98. The number of benzene rings is 1. The van der Waals surface area contributed by atoms with Crippen LogP contribution < -0.4 is 5.32 Å². The number of methoxy groups -OCH3 is 1. The van der Waals surface area contributed by atoms with E-state index >= 15 is 0 Å². The van der Waals surface area contributed by atoms with Crippen molar-refractivity contribution >= 4 is 11.3 Å². The van der Waals surface area contributed by atoms with Crippen molar-refractivity contribution in [2.24, 2.45) is 7.05 Å². The standard InChI is InChI=1S/C28H32N8O/c1-18(2)35-14-12-23(32-35)22-17-36-25(24(22)19-8-6-5-7-9-19)26(30-20-10-11-21(16-20)37-4)31-27(33-36)28-29-13-15-34(28)3/h5-9,12-15,17-18,20-21H,10-11,16H2,1-4H3,(H,30,31,33)/t20-,21+/m1/s1. The van der Waals surface area contributed by atoms with Crippen LogP contribution in [0.15, 0.2) is 61.2 Å². The number of nitrogens with one attached hydrogen (secondary N) is 1. The summed E-state index contributed by atoms with van der Waals surface area (Å²) in [4.78, 5) is 9.57. The van der Waals surface area contributed by atoms with E-state index in [1.165, 1.54) is 0 Å². The van der Waals surface area contributed by atoms with E-state index in [2.05, 4.69) is 60.7 Å². The topological polar surface area (TPSA) is 87.1 Å². The van der Waals surface area contributed by atoms with E-state index in [0.717, 1.165) is 53.0 Å². The monoisotopic (exact) mass is 496 g/mol. The molecule has 0 bridgehead atoms. The van der Waals surface area contributed by atoms with Gasteiger partial charge in [0.1, 0.15) is 5.52 Å². The smallest absolute Gasteiger partial charge is 0.218 e. The van der Waals surface area contributed by atoms with Crippen LogP contribution in [0.5, 0.6) is 0 Å². The zero-order valence-corrected chi connectivity index (χ0v) is 21.7. The molecule has 190 valence electrons. The average molecular weight is 497 g/mol. The van der Waals surface area contributed by atoms with Crippen LogP contribution in [-0.2, 0) is 11.8 Å². The van der Waals surface area contributed by atoms with Gasteiger partial charge < -0.3 is 14.6 Å². The average Bonchev–Trinajstić information content (AvgIpc) is 3.69. The molecule has 1 aromatic carbocycles. The molecule has 1 aliphatic rings. The van der Waals surface area contributed by atoms with Gasteiger partial charge in [0.15, 0.2) is 11.6 Å². The highest BCUT2D eigenvalue weighted by atomic mass is 16.5. The Morgan fingerprint density at radius 3 is 2.57 bits per heavy atom. The van der Waals surface area contributed by atoms with E-state index in [1.807, 2.05) is 39.3 Å². The number of anilines is 1. The van der Waals surface area contributed by atoms with E-state index in [9.17, 15) is 0 Å². The maximum Gasteiger partial charge on any atom is 0.218 e. The molecular weight excluding hydrogens is 464 g/mol. The SMILES string of the molecule is CO[C@H]1CC[C@@H](Nc2nc(-c3nccn3C)nn3cc(-c4ccn(C(C)C)n4)c(-c4ccccc4)c23)C1. The summed E-state index contributed by atoms with van der Waals surface area (Å²) in [5.74, 6) is 2.08. The molecule has 5 aromatic rings. The van der Waals surface area contributed by atoms with Crippen molar-refractivity contribution < 1.29 is 4.74 Å². The van der Waals surface area contributed by atoms with Gasteiger partial charge in [0.05, 0.1) is 11.8 Å². The van der Waals surface area contributed by atoms with Crippen LogP contribution in [-0.4, -0.2) is 53.2 Å². The summed E-state index contributed by atoms with van der Waals surface area (Å²) in [5.41, 5.74) is 5.00. The van der Waals surface area contributed by atoms with E-state index in [0.29, 0.717) is 11.6 Å². The second-order valence-corrected chi connectivity index (χ2v) is 10.0. The van der Waals surface area contributed by atoms with Crippen LogP contribution in [0.25, 0.3) is 39.5 Å². The molecule has 1 aliphatic carbocycles. The van der Waals surface area contributed by atoms with Crippen molar-refractivity contribution in [3.63, 3.8) is 0 Å². The van der Waals surface area contributed by atoms with Crippen molar-refractivity contribution in [2.75, 3.05) is 12.4 Å². The largest absolute Gasteiger partial charge is 0.381 e. The van der Waals surface area contributed by atoms with Crippen molar-refractivity contribution in [1.29, 1.82) is 0 Å². The van der Waals surface area contributed by atoms with Gasteiger partial charge in [-0.25, -0.2) is 14.5 Å². The Hall–Kier alpha value is -3.98. The summed E-state index contributed by atoms with van der Waals surface area (Å²) < 4.78 is 11.5. The fourth-order valence-corrected chi connectivity index (χ4v) is 5.20. The number of aromatic nitrogens is 7. The third-order valence-electron chi connectivity index (χ3n) is 7.19. The molecule has 4 aromatic heterocycles. The third kappa shape index (κ3) is 4.29. The van der Waals surface area contributed by atoms with Crippen LogP contribution in [0.3, 0.4) is 0 Å². The Morgan fingerprint density at radius 2 is 1.89 bits per heavy atom. The van der Waals surface area contributed by atoms with Crippen LogP contribution in [0.1, 0.15) is 39.2 Å². The Balaban J connectivity index is 1.59. The minimum atomic E-state index is 0.264. The first-order chi connectivity index (χ1) is 18.0. The van der Waals surface area contributed by atoms with Gasteiger partial charge in [-0.2, -0.15) is 5.10 Å². The number of hydrogen-bond donors (Lipinski definition) is 1. The molecule has 2 atom stereocenters. The molecule has 0 radical (unpaired) electrons. The van der Waals surface area contributed by atoms with Crippen molar-refractivity contribution in [3.05, 3.63) is 61.2 Å². The fraction of sp³-hybridized carbons (Fsp3) is 0.357. The third-order valence-corrected chi connectivity index (χ3v) is 7.19. The summed E-state index contributed by atoms with van der Waals surface area (Å²) in [5, 5.41) is 13.6. The maximum absolute atomic E-state index is 5.64. The summed E-state index contributed by atoms with van der Waals surface area (Å²) in [6.45, 7) is 4.26. The lowest BCUT2D eigenvalue weighted by Gasteiger charge is -2.16. The Bertz CT molecular complexity index is 1530. The summed E-state index contributed by atoms with van der Waals surface area (Å²) in [6, 6.07) is 13.0. The molecule has 0 spiro atoms. The highest BCUT2D eigenvalue weighted by Crippen LogP contribution is 2.40. The van der Waals surface area contributed by atoms with Gasteiger partial charge in [0.2, 0.25) is 5.82 Å². The highest BCUT2D eigenvalue weighted by Gasteiger charge is 2.28. The van der Waals surface area contributed by atoms with Gasteiger partial charge in [-0.1, -0.05) is 30.3 Å². The molecule has 1 saturated carbocycles. The predicted molar refractivity (Wildman–Crippen MR) is 144 cm³/mol. The van der Waals surface area contributed by atoms with Crippen molar-refractivity contribution in [3.8, 4) is 34.0 Å². The molecule has 0 amide bonds. The molecule has 1 fully saturated rings. The van der Waals surface area contributed by atoms with Crippen LogP contribution in [0, 0.1) is 0 Å². The maximum atomic E-state index is 5.64. The number of aryl methyl sites for hydroxylation is 1. The molecule has 0 saturated heterocycles. The van der Waals surface area contributed by atoms with Gasteiger partial charge in [-0.05, 0) is 44.7 Å². The minimum absolute atomic E-state index is 0.264.